The maximum Gasteiger partial charge on any atom is 0.143 e. The molecule has 0 saturated heterocycles. The van der Waals surface area contributed by atoms with Crippen LogP contribution in [0.5, 0.6) is 0 Å². The molecule has 0 radical (unpaired) electrons. The molecule has 0 atom stereocenters. The number of nitrogens with zero attached hydrogens (tertiary/aromatic N) is 3. The molecule has 0 unspecified atom stereocenters. The van der Waals surface area contributed by atoms with Crippen molar-refractivity contribution in [3.05, 3.63) is 39.5 Å². The minimum atomic E-state index is 0.693. The average Bonchev–Trinajstić information content (AvgIpc) is 2.82. The molecule has 0 aliphatic rings. The van der Waals surface area contributed by atoms with Crippen molar-refractivity contribution in [1.82, 2.24) is 14.5 Å². The van der Waals surface area contributed by atoms with E-state index in [1.165, 1.54) is 0 Å². The standard InChI is InChI=1S/C15H14Br2N4/c1-2-5-21-13-3-4-19-8-12(13)20-15(21)10-6-9(16)7-11(17)14(10)18/h3-4,6-8H,2,5,18H2,1H3. The lowest BCUT2D eigenvalue weighted by Crippen LogP contribution is -2.02. The molecule has 0 amide bonds. The Morgan fingerprint density at radius 2 is 2.10 bits per heavy atom. The molecule has 0 aliphatic carbocycles. The van der Waals surface area contributed by atoms with E-state index in [9.17, 15) is 0 Å². The van der Waals surface area contributed by atoms with Gasteiger partial charge in [-0.15, -0.1) is 0 Å². The molecular formula is C15H14Br2N4. The number of hydrogen-bond acceptors (Lipinski definition) is 3. The number of aryl methyl sites for hydroxylation is 1. The van der Waals surface area contributed by atoms with Crippen LogP contribution in [0.2, 0.25) is 0 Å². The van der Waals surface area contributed by atoms with Crippen molar-refractivity contribution < 1.29 is 0 Å². The Bertz CT molecular complexity index is 811. The van der Waals surface area contributed by atoms with E-state index in [-0.39, 0.29) is 0 Å². The molecule has 6 heteroatoms. The number of anilines is 1. The van der Waals surface area contributed by atoms with Crippen LogP contribution in [0.25, 0.3) is 22.4 Å². The molecular weight excluding hydrogens is 396 g/mol. The molecule has 2 N–H and O–H groups in total. The number of nitrogens with two attached hydrogens (primary N) is 1. The highest BCUT2D eigenvalue weighted by atomic mass is 79.9. The van der Waals surface area contributed by atoms with E-state index in [1.807, 2.05) is 18.2 Å². The van der Waals surface area contributed by atoms with Gasteiger partial charge in [0.25, 0.3) is 0 Å². The van der Waals surface area contributed by atoms with Crippen molar-refractivity contribution in [3.63, 3.8) is 0 Å². The summed E-state index contributed by atoms with van der Waals surface area (Å²) >= 11 is 7.01. The minimum Gasteiger partial charge on any atom is -0.397 e. The predicted octanol–water partition coefficient (Wildman–Crippen LogP) is 4.62. The highest BCUT2D eigenvalue weighted by molar-refractivity contribution is 9.11. The lowest BCUT2D eigenvalue weighted by Gasteiger charge is -2.11. The Labute approximate surface area is 139 Å². The summed E-state index contributed by atoms with van der Waals surface area (Å²) in [6, 6.07) is 5.93. The van der Waals surface area contributed by atoms with Crippen molar-refractivity contribution >= 4 is 48.6 Å². The quantitative estimate of drug-likeness (QED) is 0.642. The zero-order chi connectivity index (χ0) is 15.0. The summed E-state index contributed by atoms with van der Waals surface area (Å²) in [4.78, 5) is 8.88. The summed E-state index contributed by atoms with van der Waals surface area (Å²) in [7, 11) is 0. The number of imidazole rings is 1. The van der Waals surface area contributed by atoms with Gasteiger partial charge in [0.2, 0.25) is 0 Å². The molecule has 4 nitrogen and oxygen atoms in total. The Hall–Kier alpha value is -1.40. The maximum atomic E-state index is 6.23. The van der Waals surface area contributed by atoms with Crippen molar-refractivity contribution in [2.24, 2.45) is 0 Å². The van der Waals surface area contributed by atoms with Gasteiger partial charge in [-0.1, -0.05) is 22.9 Å². The summed E-state index contributed by atoms with van der Waals surface area (Å²) in [5.74, 6) is 0.874. The highest BCUT2D eigenvalue weighted by Crippen LogP contribution is 2.36. The zero-order valence-corrected chi connectivity index (χ0v) is 14.6. The first kappa shape index (κ1) is 14.5. The van der Waals surface area contributed by atoms with Crippen molar-refractivity contribution in [1.29, 1.82) is 0 Å². The van der Waals surface area contributed by atoms with Gasteiger partial charge in [0, 0.05) is 27.3 Å². The van der Waals surface area contributed by atoms with Gasteiger partial charge in [-0.2, -0.15) is 0 Å². The third-order valence-corrected chi connectivity index (χ3v) is 4.45. The minimum absolute atomic E-state index is 0.693. The summed E-state index contributed by atoms with van der Waals surface area (Å²) in [6.45, 7) is 3.04. The van der Waals surface area contributed by atoms with Crippen LogP contribution in [-0.2, 0) is 6.54 Å². The monoisotopic (exact) mass is 408 g/mol. The van der Waals surface area contributed by atoms with E-state index in [0.29, 0.717) is 5.69 Å². The van der Waals surface area contributed by atoms with Gasteiger partial charge >= 0.3 is 0 Å². The highest BCUT2D eigenvalue weighted by Gasteiger charge is 2.16. The number of nitrogen functional groups attached to an aromatic ring is 1. The van der Waals surface area contributed by atoms with Crippen molar-refractivity contribution in [3.8, 4) is 11.4 Å². The molecule has 21 heavy (non-hydrogen) atoms. The number of aromatic nitrogens is 3. The molecule has 0 saturated carbocycles. The Morgan fingerprint density at radius 1 is 1.29 bits per heavy atom. The third kappa shape index (κ3) is 2.58. The predicted molar refractivity (Wildman–Crippen MR) is 93.1 cm³/mol. The first-order valence-electron chi connectivity index (χ1n) is 6.67. The Kier molecular flexibility index (Phi) is 3.99. The number of benzene rings is 1. The summed E-state index contributed by atoms with van der Waals surface area (Å²) in [6.07, 6.45) is 4.60. The van der Waals surface area contributed by atoms with Crippen LogP contribution in [0.15, 0.2) is 39.5 Å². The van der Waals surface area contributed by atoms with E-state index in [0.717, 1.165) is 44.3 Å². The molecule has 0 fully saturated rings. The summed E-state index contributed by atoms with van der Waals surface area (Å²) < 4.78 is 4.02. The van der Waals surface area contributed by atoms with E-state index < -0.39 is 0 Å². The summed E-state index contributed by atoms with van der Waals surface area (Å²) in [5, 5.41) is 0. The topological polar surface area (TPSA) is 56.7 Å². The fraction of sp³-hybridized carbons (Fsp3) is 0.200. The van der Waals surface area contributed by atoms with Crippen LogP contribution in [0.1, 0.15) is 13.3 Å². The molecule has 2 aromatic heterocycles. The number of fused-ring (bicyclic) bond motifs is 1. The van der Waals surface area contributed by atoms with Gasteiger partial charge < -0.3 is 10.3 Å². The van der Waals surface area contributed by atoms with Crippen molar-refractivity contribution in [2.45, 2.75) is 19.9 Å². The first-order valence-corrected chi connectivity index (χ1v) is 8.25. The second-order valence-electron chi connectivity index (χ2n) is 4.80. The fourth-order valence-electron chi connectivity index (χ4n) is 2.41. The second-order valence-corrected chi connectivity index (χ2v) is 6.57. The summed E-state index contributed by atoms with van der Waals surface area (Å²) in [5.41, 5.74) is 9.81. The van der Waals surface area contributed by atoms with E-state index in [1.54, 1.807) is 12.4 Å². The second kappa shape index (κ2) is 5.77. The van der Waals surface area contributed by atoms with E-state index in [4.69, 9.17) is 10.7 Å². The number of rotatable bonds is 3. The van der Waals surface area contributed by atoms with Crippen LogP contribution in [0.4, 0.5) is 5.69 Å². The van der Waals surface area contributed by atoms with Crippen LogP contribution in [0, 0.1) is 0 Å². The average molecular weight is 410 g/mol. The molecule has 0 aliphatic heterocycles. The first-order chi connectivity index (χ1) is 10.1. The normalized spacial score (nSPS) is 11.2. The fourth-order valence-corrected chi connectivity index (χ4v) is 3.63. The Morgan fingerprint density at radius 3 is 2.86 bits per heavy atom. The molecule has 0 spiro atoms. The van der Waals surface area contributed by atoms with Crippen LogP contribution < -0.4 is 5.73 Å². The molecule has 3 rings (SSSR count). The molecule has 0 bridgehead atoms. The van der Waals surface area contributed by atoms with Gasteiger partial charge in [-0.25, -0.2) is 4.98 Å². The van der Waals surface area contributed by atoms with Crippen LogP contribution >= 0.6 is 31.9 Å². The zero-order valence-electron chi connectivity index (χ0n) is 11.5. The van der Waals surface area contributed by atoms with Gasteiger partial charge in [0.05, 0.1) is 17.4 Å². The molecule has 1 aromatic carbocycles. The SMILES string of the molecule is CCCn1c(-c2cc(Br)cc(Br)c2N)nc2cnccc21. The maximum absolute atomic E-state index is 6.23. The lowest BCUT2D eigenvalue weighted by atomic mass is 10.1. The molecule has 3 aromatic rings. The van der Waals surface area contributed by atoms with E-state index >= 15 is 0 Å². The van der Waals surface area contributed by atoms with E-state index in [2.05, 4.69) is 48.3 Å². The number of halogens is 2. The van der Waals surface area contributed by atoms with Gasteiger partial charge in [-0.3, -0.25) is 4.98 Å². The van der Waals surface area contributed by atoms with Crippen molar-refractivity contribution in [2.75, 3.05) is 5.73 Å². The Balaban J connectivity index is 2.32. The van der Waals surface area contributed by atoms with Gasteiger partial charge in [-0.05, 0) is 40.5 Å². The molecule has 2 heterocycles. The van der Waals surface area contributed by atoms with Crippen LogP contribution in [-0.4, -0.2) is 14.5 Å². The van der Waals surface area contributed by atoms with Crippen LogP contribution in [0.3, 0.4) is 0 Å². The number of pyridine rings is 1. The molecule has 108 valence electrons. The third-order valence-electron chi connectivity index (χ3n) is 3.33. The largest absolute Gasteiger partial charge is 0.397 e. The van der Waals surface area contributed by atoms with Gasteiger partial charge in [0.1, 0.15) is 11.3 Å². The number of hydrogen-bond donors (Lipinski definition) is 1. The van der Waals surface area contributed by atoms with Gasteiger partial charge in [0.15, 0.2) is 0 Å². The lowest BCUT2D eigenvalue weighted by molar-refractivity contribution is 0.704. The smallest absolute Gasteiger partial charge is 0.143 e.